The molecule has 0 spiro atoms. The van der Waals surface area contributed by atoms with Crippen molar-refractivity contribution in [1.82, 2.24) is 0 Å². The topological polar surface area (TPSA) is 21.3 Å². The number of ether oxygens (including phenoxy) is 1. The van der Waals surface area contributed by atoms with Gasteiger partial charge >= 0.3 is 0 Å². The molecule has 0 radical (unpaired) electrons. The number of hydrogen-bond acceptors (Lipinski definition) is 3. The average Bonchev–Trinajstić information content (AvgIpc) is 2.31. The second-order valence-electron chi connectivity index (χ2n) is 3.91. The van der Waals surface area contributed by atoms with Crippen molar-refractivity contribution < 1.29 is 4.74 Å². The van der Waals surface area contributed by atoms with E-state index in [4.69, 9.17) is 16.3 Å². The van der Waals surface area contributed by atoms with Crippen molar-refractivity contribution in [1.29, 1.82) is 0 Å². The molecular weight excluding hydrogens is 242 g/mol. The first kappa shape index (κ1) is 11.9. The first-order chi connectivity index (χ1) is 7.79. The maximum absolute atomic E-state index is 6.08. The Hall–Kier alpha value is -0.540. The number of rotatable bonds is 3. The number of benzene rings is 1. The van der Waals surface area contributed by atoms with E-state index in [0.29, 0.717) is 11.1 Å². The molecule has 0 aliphatic carbocycles. The van der Waals surface area contributed by atoms with Crippen LogP contribution in [0.2, 0.25) is 5.02 Å². The van der Waals surface area contributed by atoms with E-state index in [9.17, 15) is 0 Å². The second kappa shape index (κ2) is 5.69. The van der Waals surface area contributed by atoms with Gasteiger partial charge in [0.2, 0.25) is 0 Å². The minimum Gasteiger partial charge on any atom is -0.495 e. The molecule has 1 aromatic carbocycles. The van der Waals surface area contributed by atoms with Gasteiger partial charge in [-0.15, -0.1) is 0 Å². The van der Waals surface area contributed by atoms with E-state index in [-0.39, 0.29) is 0 Å². The fourth-order valence-electron chi connectivity index (χ4n) is 1.85. The summed E-state index contributed by atoms with van der Waals surface area (Å²) in [5.41, 5.74) is 1.08. The van der Waals surface area contributed by atoms with Crippen LogP contribution >= 0.6 is 23.4 Å². The summed E-state index contributed by atoms with van der Waals surface area (Å²) in [6, 6.07) is 6.42. The first-order valence-corrected chi connectivity index (χ1v) is 7.00. The third-order valence-corrected chi connectivity index (χ3v) is 4.19. The van der Waals surface area contributed by atoms with Crippen molar-refractivity contribution >= 4 is 29.1 Å². The van der Waals surface area contributed by atoms with Gasteiger partial charge in [-0.2, -0.15) is 11.8 Å². The zero-order chi connectivity index (χ0) is 11.4. The van der Waals surface area contributed by atoms with E-state index in [1.807, 2.05) is 30.0 Å². The van der Waals surface area contributed by atoms with Crippen molar-refractivity contribution in [2.45, 2.75) is 18.9 Å². The van der Waals surface area contributed by atoms with Gasteiger partial charge < -0.3 is 10.1 Å². The third-order valence-electron chi connectivity index (χ3n) is 2.68. The summed E-state index contributed by atoms with van der Waals surface area (Å²) in [6.07, 6.45) is 2.54. The molecule has 1 aromatic rings. The Morgan fingerprint density at radius 2 is 2.38 bits per heavy atom. The van der Waals surface area contributed by atoms with Crippen molar-refractivity contribution in [2.24, 2.45) is 0 Å². The van der Waals surface area contributed by atoms with E-state index >= 15 is 0 Å². The predicted molar refractivity (Wildman–Crippen MR) is 72.0 cm³/mol. The summed E-state index contributed by atoms with van der Waals surface area (Å²) in [4.78, 5) is 0. The molecule has 0 amide bonds. The predicted octanol–water partition coefficient (Wildman–Crippen LogP) is 3.66. The van der Waals surface area contributed by atoms with Gasteiger partial charge in [0.1, 0.15) is 5.75 Å². The summed E-state index contributed by atoms with van der Waals surface area (Å²) in [5.74, 6) is 3.20. The highest BCUT2D eigenvalue weighted by atomic mass is 35.5. The summed E-state index contributed by atoms with van der Waals surface area (Å²) in [6.45, 7) is 0. The molecule has 1 atom stereocenters. The lowest BCUT2D eigenvalue weighted by Gasteiger charge is -2.23. The molecule has 2 rings (SSSR count). The number of anilines is 1. The third kappa shape index (κ3) is 2.98. The zero-order valence-corrected chi connectivity index (χ0v) is 10.9. The highest BCUT2D eigenvalue weighted by Gasteiger charge is 2.13. The fraction of sp³-hybridized carbons (Fsp3) is 0.500. The van der Waals surface area contributed by atoms with Crippen molar-refractivity contribution in [3.63, 3.8) is 0 Å². The Morgan fingerprint density at radius 1 is 1.50 bits per heavy atom. The Balaban J connectivity index is 2.01. The average molecular weight is 258 g/mol. The monoisotopic (exact) mass is 257 g/mol. The lowest BCUT2D eigenvalue weighted by molar-refractivity contribution is 0.415. The van der Waals surface area contributed by atoms with E-state index in [1.165, 1.54) is 24.3 Å². The molecule has 0 bridgehead atoms. The molecule has 0 saturated carbocycles. The maximum atomic E-state index is 6.08. The molecule has 1 aliphatic rings. The minimum absolute atomic E-state index is 0.572. The number of methoxy groups -OCH3 is 1. The van der Waals surface area contributed by atoms with Crippen LogP contribution in [-0.2, 0) is 0 Å². The second-order valence-corrected chi connectivity index (χ2v) is 5.46. The highest BCUT2D eigenvalue weighted by molar-refractivity contribution is 7.99. The number of nitrogens with one attached hydrogen (secondary N) is 1. The van der Waals surface area contributed by atoms with Gasteiger partial charge in [-0.25, -0.2) is 0 Å². The van der Waals surface area contributed by atoms with Gasteiger partial charge in [0.25, 0.3) is 0 Å². The molecule has 2 nitrogen and oxygen atoms in total. The number of halogens is 1. The van der Waals surface area contributed by atoms with Crippen LogP contribution in [0.4, 0.5) is 5.69 Å². The summed E-state index contributed by atoms with van der Waals surface area (Å²) < 4.78 is 5.13. The van der Waals surface area contributed by atoms with Gasteiger partial charge in [0.05, 0.1) is 12.1 Å². The smallest absolute Gasteiger partial charge is 0.137 e. The van der Waals surface area contributed by atoms with Crippen LogP contribution < -0.4 is 10.1 Å². The summed E-state index contributed by atoms with van der Waals surface area (Å²) in [7, 11) is 1.63. The molecule has 1 aliphatic heterocycles. The molecule has 16 heavy (non-hydrogen) atoms. The van der Waals surface area contributed by atoms with Crippen LogP contribution in [-0.4, -0.2) is 24.7 Å². The molecule has 1 unspecified atom stereocenters. The molecule has 88 valence electrons. The van der Waals surface area contributed by atoms with Crippen LogP contribution in [0.3, 0.4) is 0 Å². The molecule has 0 aromatic heterocycles. The van der Waals surface area contributed by atoms with Crippen molar-refractivity contribution in [3.05, 3.63) is 23.2 Å². The molecule has 1 N–H and O–H groups in total. The normalized spacial score (nSPS) is 20.5. The largest absolute Gasteiger partial charge is 0.495 e. The van der Waals surface area contributed by atoms with Crippen LogP contribution in [0.15, 0.2) is 18.2 Å². The Morgan fingerprint density at radius 3 is 3.00 bits per heavy atom. The van der Waals surface area contributed by atoms with Crippen molar-refractivity contribution in [3.8, 4) is 5.75 Å². The van der Waals surface area contributed by atoms with Crippen LogP contribution in [0.5, 0.6) is 5.75 Å². The van der Waals surface area contributed by atoms with Gasteiger partial charge in [-0.1, -0.05) is 11.6 Å². The zero-order valence-electron chi connectivity index (χ0n) is 9.33. The van der Waals surface area contributed by atoms with Gasteiger partial charge in [0, 0.05) is 17.5 Å². The van der Waals surface area contributed by atoms with Gasteiger partial charge in [-0.05, 0) is 36.8 Å². The molecular formula is C12H16ClNOS. The molecule has 1 fully saturated rings. The Kier molecular flexibility index (Phi) is 4.24. The van der Waals surface area contributed by atoms with E-state index < -0.39 is 0 Å². The summed E-state index contributed by atoms with van der Waals surface area (Å²) >= 11 is 8.09. The SMILES string of the molecule is COc1ccc(NC2CCCSC2)cc1Cl. The highest BCUT2D eigenvalue weighted by Crippen LogP contribution is 2.28. The fourth-order valence-corrected chi connectivity index (χ4v) is 3.18. The van der Waals surface area contributed by atoms with E-state index in [2.05, 4.69) is 5.32 Å². The Labute approximate surface area is 106 Å². The molecule has 1 saturated heterocycles. The number of hydrogen-bond donors (Lipinski definition) is 1. The van der Waals surface area contributed by atoms with Crippen molar-refractivity contribution in [2.75, 3.05) is 23.9 Å². The van der Waals surface area contributed by atoms with E-state index in [0.717, 1.165) is 11.4 Å². The minimum atomic E-state index is 0.572. The standard InChI is InChI=1S/C12H16ClNOS/c1-15-12-5-4-9(7-11(12)13)14-10-3-2-6-16-8-10/h4-5,7,10,14H,2-3,6,8H2,1H3. The van der Waals surface area contributed by atoms with E-state index in [1.54, 1.807) is 7.11 Å². The Bertz CT molecular complexity index is 353. The molecule has 4 heteroatoms. The van der Waals surface area contributed by atoms with Crippen LogP contribution in [0, 0.1) is 0 Å². The van der Waals surface area contributed by atoms with Gasteiger partial charge in [-0.3, -0.25) is 0 Å². The first-order valence-electron chi connectivity index (χ1n) is 5.47. The lowest BCUT2D eigenvalue weighted by Crippen LogP contribution is -2.25. The lowest BCUT2D eigenvalue weighted by atomic mass is 10.1. The summed E-state index contributed by atoms with van der Waals surface area (Å²) in [5, 5.41) is 4.18. The van der Waals surface area contributed by atoms with Crippen LogP contribution in [0.25, 0.3) is 0 Å². The van der Waals surface area contributed by atoms with Gasteiger partial charge in [0.15, 0.2) is 0 Å². The quantitative estimate of drug-likeness (QED) is 0.893. The van der Waals surface area contributed by atoms with Crippen LogP contribution in [0.1, 0.15) is 12.8 Å². The molecule has 1 heterocycles. The number of thioether (sulfide) groups is 1. The maximum Gasteiger partial charge on any atom is 0.137 e.